The molecule has 0 aliphatic heterocycles. The van der Waals surface area contributed by atoms with Crippen molar-refractivity contribution >= 4 is 33.9 Å². The zero-order chi connectivity index (χ0) is 22.6. The number of carbonyl (C=O) groups excluding carboxylic acids is 1. The molecule has 6 heteroatoms. The standard InChI is InChI=1S/C27H22N4O2/c1-18-7-2-3-9-20(18)17-33-21-10-6-8-19(13-21)15-29-31-27(32)25-14-23-22-11-4-5-12-24(22)30-26(23)16-28-25/h2-16,30H,17H2,1H3,(H,31,32)/b29-15+. The van der Waals surface area contributed by atoms with Gasteiger partial charge in [-0.1, -0.05) is 54.6 Å². The molecule has 2 heterocycles. The van der Waals surface area contributed by atoms with Crippen molar-refractivity contribution in [3.8, 4) is 5.75 Å². The van der Waals surface area contributed by atoms with E-state index in [0.29, 0.717) is 12.3 Å². The van der Waals surface area contributed by atoms with Gasteiger partial charge in [-0.3, -0.25) is 4.79 Å². The maximum atomic E-state index is 12.6. The number of hydrazone groups is 1. The first-order valence-corrected chi connectivity index (χ1v) is 10.6. The highest BCUT2D eigenvalue weighted by Gasteiger charge is 2.10. The average molecular weight is 434 g/mol. The molecule has 162 valence electrons. The van der Waals surface area contributed by atoms with E-state index in [1.165, 1.54) is 5.56 Å². The summed E-state index contributed by atoms with van der Waals surface area (Å²) in [5.74, 6) is 0.366. The van der Waals surface area contributed by atoms with Crippen molar-refractivity contribution in [1.29, 1.82) is 0 Å². The van der Waals surface area contributed by atoms with E-state index in [0.717, 1.165) is 38.7 Å². The Kier molecular flexibility index (Phi) is 5.55. The van der Waals surface area contributed by atoms with Crippen LogP contribution in [0.2, 0.25) is 0 Å². The maximum absolute atomic E-state index is 12.6. The molecule has 33 heavy (non-hydrogen) atoms. The van der Waals surface area contributed by atoms with Crippen LogP contribution in [0, 0.1) is 6.92 Å². The third-order valence-electron chi connectivity index (χ3n) is 5.52. The molecule has 5 aromatic rings. The molecule has 0 spiro atoms. The molecule has 2 aromatic heterocycles. The van der Waals surface area contributed by atoms with Crippen molar-refractivity contribution < 1.29 is 9.53 Å². The molecule has 0 fully saturated rings. The zero-order valence-corrected chi connectivity index (χ0v) is 18.1. The number of ether oxygens (including phenoxy) is 1. The molecule has 0 saturated carbocycles. The molecule has 5 rings (SSSR count). The fourth-order valence-electron chi connectivity index (χ4n) is 3.71. The van der Waals surface area contributed by atoms with E-state index in [1.54, 1.807) is 18.5 Å². The number of nitrogens with zero attached hydrogens (tertiary/aromatic N) is 2. The maximum Gasteiger partial charge on any atom is 0.289 e. The number of para-hydroxylation sites is 1. The van der Waals surface area contributed by atoms with Crippen molar-refractivity contribution in [2.75, 3.05) is 0 Å². The molecule has 6 nitrogen and oxygen atoms in total. The largest absolute Gasteiger partial charge is 0.489 e. The average Bonchev–Trinajstić information content (AvgIpc) is 3.22. The van der Waals surface area contributed by atoms with Gasteiger partial charge in [-0.2, -0.15) is 5.10 Å². The van der Waals surface area contributed by atoms with E-state index < -0.39 is 0 Å². The second-order valence-corrected chi connectivity index (χ2v) is 7.77. The minimum absolute atomic E-state index is 0.305. The van der Waals surface area contributed by atoms with E-state index in [2.05, 4.69) is 39.6 Å². The zero-order valence-electron chi connectivity index (χ0n) is 18.1. The van der Waals surface area contributed by atoms with Crippen LogP contribution in [0.25, 0.3) is 21.8 Å². The first-order valence-electron chi connectivity index (χ1n) is 10.6. The number of amides is 1. The van der Waals surface area contributed by atoms with Gasteiger partial charge in [0.2, 0.25) is 0 Å². The number of H-pyrrole nitrogens is 1. The van der Waals surface area contributed by atoms with Crippen LogP contribution in [0.3, 0.4) is 0 Å². The first kappa shape index (κ1) is 20.5. The molecule has 0 atom stereocenters. The third-order valence-corrected chi connectivity index (χ3v) is 5.52. The quantitative estimate of drug-likeness (QED) is 0.279. The van der Waals surface area contributed by atoms with Gasteiger partial charge in [-0.25, -0.2) is 10.4 Å². The number of nitrogens with one attached hydrogen (secondary N) is 2. The fourth-order valence-corrected chi connectivity index (χ4v) is 3.71. The Morgan fingerprint density at radius 2 is 1.85 bits per heavy atom. The molecule has 1 amide bonds. The number of benzene rings is 3. The highest BCUT2D eigenvalue weighted by atomic mass is 16.5. The molecular formula is C27H22N4O2. The molecule has 0 bridgehead atoms. The predicted octanol–water partition coefficient (Wildman–Crippen LogP) is 5.37. The summed E-state index contributed by atoms with van der Waals surface area (Å²) in [4.78, 5) is 20.1. The molecule has 0 saturated heterocycles. The summed E-state index contributed by atoms with van der Waals surface area (Å²) in [6.07, 6.45) is 3.26. The molecule has 3 aromatic carbocycles. The van der Waals surface area contributed by atoms with Gasteiger partial charge in [0.05, 0.1) is 17.9 Å². The summed E-state index contributed by atoms with van der Waals surface area (Å²) in [6, 6.07) is 25.4. The van der Waals surface area contributed by atoms with Crippen molar-refractivity contribution in [3.63, 3.8) is 0 Å². The Labute approximate surface area is 190 Å². The monoisotopic (exact) mass is 434 g/mol. The van der Waals surface area contributed by atoms with Crippen molar-refractivity contribution in [2.45, 2.75) is 13.5 Å². The van der Waals surface area contributed by atoms with E-state index >= 15 is 0 Å². The minimum Gasteiger partial charge on any atom is -0.489 e. The van der Waals surface area contributed by atoms with Crippen LogP contribution in [0.4, 0.5) is 0 Å². The molecule has 2 N–H and O–H groups in total. The summed E-state index contributed by atoms with van der Waals surface area (Å²) < 4.78 is 5.92. The lowest BCUT2D eigenvalue weighted by Crippen LogP contribution is -2.18. The summed E-state index contributed by atoms with van der Waals surface area (Å²) in [5, 5.41) is 6.10. The lowest BCUT2D eigenvalue weighted by atomic mass is 10.1. The third kappa shape index (κ3) is 4.45. The Morgan fingerprint density at radius 3 is 2.76 bits per heavy atom. The molecule has 0 aliphatic carbocycles. The summed E-state index contributed by atoms with van der Waals surface area (Å²) >= 11 is 0. The fraction of sp³-hybridized carbons (Fsp3) is 0.0741. The molecule has 0 radical (unpaired) electrons. The Hall–Kier alpha value is -4.45. The van der Waals surface area contributed by atoms with Gasteiger partial charge < -0.3 is 9.72 Å². The number of aryl methyl sites for hydroxylation is 1. The topological polar surface area (TPSA) is 79.4 Å². The smallest absolute Gasteiger partial charge is 0.289 e. The summed E-state index contributed by atoms with van der Waals surface area (Å²) in [7, 11) is 0. The first-order chi connectivity index (χ1) is 16.2. The van der Waals surface area contributed by atoms with Crippen molar-refractivity contribution in [3.05, 3.63) is 107 Å². The van der Waals surface area contributed by atoms with Crippen molar-refractivity contribution in [2.24, 2.45) is 5.10 Å². The van der Waals surface area contributed by atoms with Gasteiger partial charge >= 0.3 is 0 Å². The van der Waals surface area contributed by atoms with Gasteiger partial charge in [-0.15, -0.1) is 0 Å². The second kappa shape index (κ2) is 8.96. The van der Waals surface area contributed by atoms with Crippen molar-refractivity contribution in [1.82, 2.24) is 15.4 Å². The number of aromatic amines is 1. The molecular weight excluding hydrogens is 412 g/mol. The number of rotatable bonds is 6. The predicted molar refractivity (Wildman–Crippen MR) is 131 cm³/mol. The van der Waals surface area contributed by atoms with Crippen LogP contribution in [0.15, 0.2) is 90.2 Å². The Balaban J connectivity index is 1.25. The summed E-state index contributed by atoms with van der Waals surface area (Å²) in [5.41, 5.74) is 7.91. The van der Waals surface area contributed by atoms with Crippen LogP contribution in [0.1, 0.15) is 27.2 Å². The lowest BCUT2D eigenvalue weighted by Gasteiger charge is -2.09. The Morgan fingerprint density at radius 1 is 1.00 bits per heavy atom. The van der Waals surface area contributed by atoms with Crippen LogP contribution >= 0.6 is 0 Å². The highest BCUT2D eigenvalue weighted by Crippen LogP contribution is 2.25. The number of carbonyl (C=O) groups is 1. The van der Waals surface area contributed by atoms with Gasteiger partial charge in [0.1, 0.15) is 18.1 Å². The number of hydrogen-bond donors (Lipinski definition) is 2. The van der Waals surface area contributed by atoms with E-state index in [1.807, 2.05) is 60.7 Å². The Bertz CT molecular complexity index is 1490. The SMILES string of the molecule is Cc1ccccc1COc1cccc(/C=N/NC(=O)c2cc3c(cn2)[nH]c2ccccc23)c1. The van der Waals surface area contributed by atoms with Gasteiger partial charge in [0.15, 0.2) is 0 Å². The van der Waals surface area contributed by atoms with Crippen LogP contribution in [-0.4, -0.2) is 22.1 Å². The van der Waals surface area contributed by atoms with Gasteiger partial charge in [0.25, 0.3) is 5.91 Å². The van der Waals surface area contributed by atoms with Gasteiger partial charge in [0, 0.05) is 16.3 Å². The van der Waals surface area contributed by atoms with Gasteiger partial charge in [-0.05, 0) is 47.9 Å². The van der Waals surface area contributed by atoms with E-state index in [-0.39, 0.29) is 5.91 Å². The number of hydrogen-bond acceptors (Lipinski definition) is 4. The highest BCUT2D eigenvalue weighted by molar-refractivity contribution is 6.09. The van der Waals surface area contributed by atoms with E-state index in [4.69, 9.17) is 4.74 Å². The summed E-state index contributed by atoms with van der Waals surface area (Å²) in [6.45, 7) is 2.56. The number of pyridine rings is 1. The van der Waals surface area contributed by atoms with Crippen LogP contribution in [-0.2, 0) is 6.61 Å². The lowest BCUT2D eigenvalue weighted by molar-refractivity contribution is 0.0950. The minimum atomic E-state index is -0.370. The number of fused-ring (bicyclic) bond motifs is 3. The molecule has 0 unspecified atom stereocenters. The second-order valence-electron chi connectivity index (χ2n) is 7.77. The normalized spacial score (nSPS) is 11.3. The number of aromatic nitrogens is 2. The van der Waals surface area contributed by atoms with Crippen LogP contribution in [0.5, 0.6) is 5.75 Å². The van der Waals surface area contributed by atoms with Crippen LogP contribution < -0.4 is 10.2 Å². The van der Waals surface area contributed by atoms with E-state index in [9.17, 15) is 4.79 Å². The molecule has 0 aliphatic rings.